The Kier molecular flexibility index (Phi) is 4.94. The van der Waals surface area contributed by atoms with Gasteiger partial charge in [0.05, 0.1) is 11.6 Å². The lowest BCUT2D eigenvalue weighted by Crippen LogP contribution is -1.88. The van der Waals surface area contributed by atoms with E-state index in [0.29, 0.717) is 0 Å². The molecule has 1 nitrogen and oxygen atoms in total. The van der Waals surface area contributed by atoms with Crippen LogP contribution in [0.2, 0.25) is 0 Å². The number of ether oxygens (including phenoxy) is 1. The molecule has 0 amide bonds. The molecule has 0 saturated heterocycles. The fourth-order valence-corrected chi connectivity index (χ4v) is 3.48. The van der Waals surface area contributed by atoms with Crippen molar-refractivity contribution in [2.75, 3.05) is 7.11 Å². The van der Waals surface area contributed by atoms with Crippen LogP contribution in [0.5, 0.6) is 5.75 Å². The molecular weight excluding hydrogens is 320 g/mol. The van der Waals surface area contributed by atoms with Crippen LogP contribution >= 0.6 is 27.7 Å². The van der Waals surface area contributed by atoms with Crippen molar-refractivity contribution >= 4 is 27.7 Å². The number of thioether (sulfide) groups is 1. The smallest absolute Gasteiger partial charge is 0.133 e. The normalized spacial score (nSPS) is 10.5. The van der Waals surface area contributed by atoms with Crippen molar-refractivity contribution in [2.24, 2.45) is 0 Å². The zero-order valence-corrected chi connectivity index (χ0v) is 13.8. The molecule has 0 atom stereocenters. The van der Waals surface area contributed by atoms with Gasteiger partial charge in [0.1, 0.15) is 5.75 Å². The molecule has 0 unspecified atom stereocenters. The minimum atomic E-state index is 0.875. The molecule has 0 N–H and O–H groups in total. The number of methoxy groups -OCH3 is 1. The molecular formula is C16H17BrOS. The fraction of sp³-hybridized carbons (Fsp3) is 0.250. The first kappa shape index (κ1) is 14.5. The van der Waals surface area contributed by atoms with Crippen LogP contribution in [-0.4, -0.2) is 7.11 Å². The van der Waals surface area contributed by atoms with E-state index in [0.717, 1.165) is 16.0 Å². The lowest BCUT2D eigenvalue weighted by molar-refractivity contribution is 0.412. The summed E-state index contributed by atoms with van der Waals surface area (Å²) in [5, 5.41) is 0. The minimum Gasteiger partial charge on any atom is -0.496 e. The van der Waals surface area contributed by atoms with Gasteiger partial charge in [-0.15, -0.1) is 11.8 Å². The van der Waals surface area contributed by atoms with Crippen molar-refractivity contribution in [2.45, 2.75) is 24.5 Å². The van der Waals surface area contributed by atoms with Gasteiger partial charge >= 0.3 is 0 Å². The highest BCUT2D eigenvalue weighted by atomic mass is 79.9. The topological polar surface area (TPSA) is 9.23 Å². The third-order valence-electron chi connectivity index (χ3n) is 2.95. The molecule has 0 spiro atoms. The minimum absolute atomic E-state index is 0.875. The number of halogens is 1. The number of aryl methyl sites for hydroxylation is 2. The van der Waals surface area contributed by atoms with E-state index in [4.69, 9.17) is 4.74 Å². The second-order valence-corrected chi connectivity index (χ2v) is 6.40. The highest BCUT2D eigenvalue weighted by molar-refractivity contribution is 9.10. The summed E-state index contributed by atoms with van der Waals surface area (Å²) in [4.78, 5) is 1.35. The van der Waals surface area contributed by atoms with Gasteiger partial charge in [0.25, 0.3) is 0 Å². The summed E-state index contributed by atoms with van der Waals surface area (Å²) in [6.45, 7) is 4.29. The van der Waals surface area contributed by atoms with Crippen LogP contribution < -0.4 is 4.74 Å². The van der Waals surface area contributed by atoms with Gasteiger partial charge in [0.2, 0.25) is 0 Å². The van der Waals surface area contributed by atoms with E-state index in [9.17, 15) is 0 Å². The highest BCUT2D eigenvalue weighted by Gasteiger charge is 2.04. The monoisotopic (exact) mass is 336 g/mol. The number of benzene rings is 2. The molecule has 0 aromatic heterocycles. The van der Waals surface area contributed by atoms with Crippen LogP contribution in [0, 0.1) is 13.8 Å². The first-order valence-corrected chi connectivity index (χ1v) is 7.90. The maximum Gasteiger partial charge on any atom is 0.133 e. The SMILES string of the molecule is COc1ccc(CSc2cc(C)ccc2C)cc1Br. The first-order valence-electron chi connectivity index (χ1n) is 6.12. The van der Waals surface area contributed by atoms with Gasteiger partial charge in [-0.25, -0.2) is 0 Å². The summed E-state index contributed by atoms with van der Waals surface area (Å²) >= 11 is 5.40. The average molecular weight is 337 g/mol. The Morgan fingerprint density at radius 1 is 1.11 bits per heavy atom. The molecule has 0 saturated carbocycles. The van der Waals surface area contributed by atoms with E-state index < -0.39 is 0 Å². The summed E-state index contributed by atoms with van der Waals surface area (Å²) in [7, 11) is 1.69. The molecule has 0 heterocycles. The van der Waals surface area contributed by atoms with Gasteiger partial charge in [-0.3, -0.25) is 0 Å². The molecule has 2 aromatic rings. The Hall–Kier alpha value is -0.930. The molecule has 0 radical (unpaired) electrons. The van der Waals surface area contributed by atoms with Crippen molar-refractivity contribution in [3.05, 3.63) is 57.6 Å². The zero-order chi connectivity index (χ0) is 13.8. The summed E-state index contributed by atoms with van der Waals surface area (Å²) in [6, 6.07) is 12.8. The molecule has 0 bridgehead atoms. The Morgan fingerprint density at radius 3 is 2.58 bits per heavy atom. The maximum absolute atomic E-state index is 5.24. The largest absolute Gasteiger partial charge is 0.496 e. The second kappa shape index (κ2) is 6.49. The van der Waals surface area contributed by atoms with Crippen LogP contribution in [0.1, 0.15) is 16.7 Å². The number of hydrogen-bond donors (Lipinski definition) is 0. The zero-order valence-electron chi connectivity index (χ0n) is 11.4. The Bertz CT molecular complexity index is 581. The molecule has 2 rings (SSSR count). The van der Waals surface area contributed by atoms with E-state index >= 15 is 0 Å². The van der Waals surface area contributed by atoms with E-state index in [1.54, 1.807) is 7.11 Å². The summed E-state index contributed by atoms with van der Waals surface area (Å²) in [5.41, 5.74) is 3.94. The predicted octanol–water partition coefficient (Wildman–Crippen LogP) is 5.37. The summed E-state index contributed by atoms with van der Waals surface area (Å²) < 4.78 is 6.25. The fourth-order valence-electron chi connectivity index (χ4n) is 1.82. The van der Waals surface area contributed by atoms with Gasteiger partial charge in [0, 0.05) is 10.6 Å². The van der Waals surface area contributed by atoms with Gasteiger partial charge < -0.3 is 4.74 Å². The van der Waals surface area contributed by atoms with E-state index in [1.165, 1.54) is 21.6 Å². The maximum atomic E-state index is 5.24. The molecule has 2 aromatic carbocycles. The van der Waals surface area contributed by atoms with Crippen molar-refractivity contribution < 1.29 is 4.74 Å². The molecule has 3 heteroatoms. The van der Waals surface area contributed by atoms with Crippen molar-refractivity contribution in [3.8, 4) is 5.75 Å². The summed E-state index contributed by atoms with van der Waals surface area (Å²) in [5.74, 6) is 1.84. The Morgan fingerprint density at radius 2 is 1.89 bits per heavy atom. The van der Waals surface area contributed by atoms with Crippen LogP contribution in [0.4, 0.5) is 0 Å². The third kappa shape index (κ3) is 3.77. The van der Waals surface area contributed by atoms with Crippen molar-refractivity contribution in [3.63, 3.8) is 0 Å². The van der Waals surface area contributed by atoms with Crippen LogP contribution in [0.3, 0.4) is 0 Å². The first-order chi connectivity index (χ1) is 9.10. The molecule has 19 heavy (non-hydrogen) atoms. The van der Waals surface area contributed by atoms with E-state index in [-0.39, 0.29) is 0 Å². The average Bonchev–Trinajstić information content (AvgIpc) is 2.40. The van der Waals surface area contributed by atoms with Crippen LogP contribution in [0.25, 0.3) is 0 Å². The number of hydrogen-bond acceptors (Lipinski definition) is 2. The lowest BCUT2D eigenvalue weighted by atomic mass is 10.2. The molecule has 0 aliphatic carbocycles. The summed E-state index contributed by atoms with van der Waals surface area (Å²) in [6.07, 6.45) is 0. The van der Waals surface area contributed by atoms with Gasteiger partial charge in [-0.05, 0) is 59.1 Å². The van der Waals surface area contributed by atoms with E-state index in [1.807, 2.05) is 17.8 Å². The van der Waals surface area contributed by atoms with Crippen molar-refractivity contribution in [1.82, 2.24) is 0 Å². The third-order valence-corrected chi connectivity index (χ3v) is 4.80. The molecule has 100 valence electrons. The second-order valence-electron chi connectivity index (χ2n) is 4.53. The quantitative estimate of drug-likeness (QED) is 0.694. The van der Waals surface area contributed by atoms with Gasteiger partial charge in [-0.1, -0.05) is 23.8 Å². The Balaban J connectivity index is 2.10. The molecule has 0 fully saturated rings. The lowest BCUT2D eigenvalue weighted by Gasteiger charge is -2.08. The number of rotatable bonds is 4. The van der Waals surface area contributed by atoms with Crippen LogP contribution in [0.15, 0.2) is 45.8 Å². The van der Waals surface area contributed by atoms with Crippen LogP contribution in [-0.2, 0) is 5.75 Å². The molecule has 0 aliphatic heterocycles. The Labute approximate surface area is 127 Å². The van der Waals surface area contributed by atoms with Gasteiger partial charge in [0.15, 0.2) is 0 Å². The highest BCUT2D eigenvalue weighted by Crippen LogP contribution is 2.30. The molecule has 0 aliphatic rings. The van der Waals surface area contributed by atoms with E-state index in [2.05, 4.69) is 60.1 Å². The van der Waals surface area contributed by atoms with Crippen molar-refractivity contribution in [1.29, 1.82) is 0 Å². The predicted molar refractivity (Wildman–Crippen MR) is 86.2 cm³/mol. The standard InChI is InChI=1S/C16H17BrOS/c1-11-4-5-12(2)16(8-11)19-10-13-6-7-15(18-3)14(17)9-13/h4-9H,10H2,1-3H3. The van der Waals surface area contributed by atoms with Gasteiger partial charge in [-0.2, -0.15) is 0 Å².